The van der Waals surface area contributed by atoms with Crippen molar-refractivity contribution in [2.75, 3.05) is 58.9 Å². The Morgan fingerprint density at radius 2 is 0.629 bits per heavy atom. The molecule has 0 aromatic rings. The standard InChI is InChI=1S/C14H23N3O10.5Na.HO2P.5H/c18-10(19)5-15(1-3-16(6-11(20)21)7-12(22)23)2-4-17(8-13(24)25)9-14(26)27;;;;;;1-3-2;;;;;/h1-9H2,(H,18,19)(H,20,21)(H,22,23)(H,24,25)(H,26,27);;;;;;3H;;;;;/q;5*+1;;5*-1/p+1. The number of rotatable bonds is 16. The van der Waals surface area contributed by atoms with Crippen LogP contribution in [0.25, 0.3) is 0 Å². The molecule has 0 saturated carbocycles. The zero-order chi connectivity index (χ0) is 23.7. The van der Waals surface area contributed by atoms with Crippen molar-refractivity contribution in [3.8, 4) is 0 Å². The molecule has 0 heterocycles. The molecular weight excluding hydrogens is 548 g/mol. The zero-order valence-electron chi connectivity index (χ0n) is 25.8. The third-order valence-electron chi connectivity index (χ3n) is 3.26. The number of carboxylic acids is 5. The van der Waals surface area contributed by atoms with Gasteiger partial charge in [-0.05, 0) is 4.57 Å². The van der Waals surface area contributed by atoms with Gasteiger partial charge in [-0.2, -0.15) is 4.89 Å². The van der Waals surface area contributed by atoms with Crippen LogP contribution in [0.3, 0.4) is 0 Å². The van der Waals surface area contributed by atoms with Crippen molar-refractivity contribution in [1.29, 1.82) is 0 Å². The van der Waals surface area contributed by atoms with E-state index in [-0.39, 0.29) is 181 Å². The molecule has 35 heavy (non-hydrogen) atoms. The summed E-state index contributed by atoms with van der Waals surface area (Å²) < 4.78 is 8.51. The largest absolute Gasteiger partial charge is 1.00 e. The molecule has 0 spiro atoms. The molecule has 0 aromatic heterocycles. The fourth-order valence-corrected chi connectivity index (χ4v) is 2.22. The van der Waals surface area contributed by atoms with E-state index in [1.807, 2.05) is 0 Å². The van der Waals surface area contributed by atoms with Crippen molar-refractivity contribution in [3.63, 3.8) is 0 Å². The van der Waals surface area contributed by atoms with Crippen LogP contribution in [-0.4, -0.2) is 134 Å². The van der Waals surface area contributed by atoms with Gasteiger partial charge in [0.1, 0.15) is 0 Å². The maximum atomic E-state index is 11.0. The van der Waals surface area contributed by atoms with Crippen molar-refractivity contribution < 1.29 is 214 Å². The minimum atomic E-state index is -1.24. The van der Waals surface area contributed by atoms with Gasteiger partial charge in [-0.15, -0.1) is 0 Å². The summed E-state index contributed by atoms with van der Waals surface area (Å²) in [4.78, 5) is 64.7. The predicted molar refractivity (Wildman–Crippen MR) is 104 cm³/mol. The van der Waals surface area contributed by atoms with Gasteiger partial charge in [0.2, 0.25) is 0 Å². The fourth-order valence-electron chi connectivity index (χ4n) is 2.22. The molecule has 0 amide bonds. The van der Waals surface area contributed by atoms with Gasteiger partial charge in [-0.3, -0.25) is 38.7 Å². The summed E-state index contributed by atoms with van der Waals surface area (Å²) in [6, 6.07) is 0. The van der Waals surface area contributed by atoms with Crippen LogP contribution in [0, 0.1) is 0 Å². The number of hydrogen-bond donors (Lipinski definition) is 6. The van der Waals surface area contributed by atoms with E-state index >= 15 is 0 Å². The van der Waals surface area contributed by atoms with Gasteiger partial charge in [0.05, 0.1) is 32.7 Å². The van der Waals surface area contributed by atoms with Crippen LogP contribution in [0.5, 0.6) is 0 Å². The third kappa shape index (κ3) is 40.9. The van der Waals surface area contributed by atoms with E-state index in [9.17, 15) is 24.0 Å². The smallest absolute Gasteiger partial charge is 1.00 e. The molecule has 182 valence electrons. The Kier molecular flexibility index (Phi) is 52.5. The molecule has 0 radical (unpaired) electrons. The van der Waals surface area contributed by atoms with Crippen LogP contribution < -0.4 is 148 Å². The summed E-state index contributed by atoms with van der Waals surface area (Å²) in [5, 5.41) is 44.1. The van der Waals surface area contributed by atoms with Crippen LogP contribution in [0.1, 0.15) is 7.13 Å². The summed E-state index contributed by atoms with van der Waals surface area (Å²) in [6.07, 6.45) is 0. The molecule has 0 saturated heterocycles. The molecule has 21 heteroatoms. The van der Waals surface area contributed by atoms with E-state index in [0.29, 0.717) is 0 Å². The monoisotopic (exact) mass is 578 g/mol. The quantitative estimate of drug-likeness (QED) is 0.0737. The Balaban J connectivity index is -0.0000000575. The topological polar surface area (TPSA) is 234 Å². The van der Waals surface area contributed by atoms with Crippen LogP contribution in [-0.2, 0) is 28.5 Å². The first-order chi connectivity index (χ1) is 13.9. The second kappa shape index (κ2) is 34.3. The van der Waals surface area contributed by atoms with E-state index in [1.54, 1.807) is 0 Å². The van der Waals surface area contributed by atoms with Gasteiger partial charge in [0.15, 0.2) is 0 Å². The first-order valence-electron chi connectivity index (χ1n) is 8.18. The first kappa shape index (κ1) is 53.5. The van der Waals surface area contributed by atoms with Gasteiger partial charge in [0, 0.05) is 26.2 Å². The van der Waals surface area contributed by atoms with Gasteiger partial charge < -0.3 is 32.7 Å². The number of hydrogen-bond acceptors (Lipinski definition) is 9. The molecular formula is C14H30N3Na5O12P+. The van der Waals surface area contributed by atoms with Gasteiger partial charge >= 0.3 is 186 Å². The number of carbonyl (C=O) groups is 5. The van der Waals surface area contributed by atoms with Crippen LogP contribution >= 0.6 is 8.69 Å². The molecule has 15 nitrogen and oxygen atoms in total. The molecule has 0 fully saturated rings. The molecule has 0 aliphatic rings. The Morgan fingerprint density at radius 1 is 0.486 bits per heavy atom. The van der Waals surface area contributed by atoms with Crippen molar-refractivity contribution in [2.24, 2.45) is 0 Å². The molecule has 0 bridgehead atoms. The summed E-state index contributed by atoms with van der Waals surface area (Å²) in [5.41, 5.74) is 0. The molecule has 0 aromatic carbocycles. The normalized spacial score (nSPS) is 9.14. The first-order valence-corrected chi connectivity index (χ1v) is 9.04. The number of aliphatic carboxylic acids is 5. The van der Waals surface area contributed by atoms with Crippen LogP contribution in [0.4, 0.5) is 0 Å². The predicted octanol–water partition coefficient (Wildman–Crippen LogP) is -17.2. The SMILES string of the molecule is O=C(O)CN(CCN(CC(=O)O)CC(=O)O)CCN(CC(=O)O)CC(=O)O.O=[PH+]O.[H-].[H-].[H-].[H-].[H-].[Na+].[Na+].[Na+].[Na+].[Na+]. The zero-order valence-corrected chi connectivity index (χ0v) is 31.8. The van der Waals surface area contributed by atoms with E-state index in [4.69, 9.17) is 35.0 Å². The van der Waals surface area contributed by atoms with Gasteiger partial charge in [0.25, 0.3) is 0 Å². The molecule has 0 aliphatic carbocycles. The average Bonchev–Trinajstić information content (AvgIpc) is 2.55. The average molecular weight is 578 g/mol. The maximum Gasteiger partial charge on any atom is 1.00 e. The third-order valence-corrected chi connectivity index (χ3v) is 3.26. The van der Waals surface area contributed by atoms with E-state index in [2.05, 4.69) is 0 Å². The maximum absolute atomic E-state index is 11.0. The summed E-state index contributed by atoms with van der Waals surface area (Å²) >= 11 is 0. The second-order valence-corrected chi connectivity index (χ2v) is 5.94. The second-order valence-electron chi connectivity index (χ2n) is 5.76. The summed E-state index contributed by atoms with van der Waals surface area (Å²) in [7, 11) is -1.17. The number of nitrogens with zero attached hydrogens (tertiary/aromatic N) is 3. The van der Waals surface area contributed by atoms with Crippen molar-refractivity contribution in [3.05, 3.63) is 0 Å². The minimum absolute atomic E-state index is 0. The van der Waals surface area contributed by atoms with Crippen LogP contribution in [0.2, 0.25) is 0 Å². The van der Waals surface area contributed by atoms with E-state index in [1.165, 1.54) is 4.90 Å². The van der Waals surface area contributed by atoms with E-state index < -0.39 is 71.3 Å². The molecule has 0 aliphatic heterocycles. The Labute approximate surface area is 321 Å². The molecule has 1 unspecified atom stereocenters. The van der Waals surface area contributed by atoms with Gasteiger partial charge in [-0.1, -0.05) is 0 Å². The van der Waals surface area contributed by atoms with Crippen molar-refractivity contribution in [1.82, 2.24) is 14.7 Å². The summed E-state index contributed by atoms with van der Waals surface area (Å²) in [5.74, 6) is -6.16. The van der Waals surface area contributed by atoms with E-state index in [0.717, 1.165) is 9.80 Å². The van der Waals surface area contributed by atoms with Crippen molar-refractivity contribution in [2.45, 2.75) is 0 Å². The Bertz CT molecular complexity index is 573. The minimum Gasteiger partial charge on any atom is -1.00 e. The molecule has 1 atom stereocenters. The Morgan fingerprint density at radius 3 is 0.800 bits per heavy atom. The molecule has 6 N–H and O–H groups in total. The Hall–Kier alpha value is 2.29. The molecule has 0 rings (SSSR count). The van der Waals surface area contributed by atoms with Crippen molar-refractivity contribution >= 4 is 38.5 Å². The summed E-state index contributed by atoms with van der Waals surface area (Å²) in [6.45, 7) is -2.74. The fraction of sp³-hybridized carbons (Fsp3) is 0.643. The van der Waals surface area contributed by atoms with Crippen LogP contribution in [0.15, 0.2) is 0 Å². The number of carboxylic acid groups (broad SMARTS) is 5. The van der Waals surface area contributed by atoms with Gasteiger partial charge in [-0.25, -0.2) is 0 Å².